The van der Waals surface area contributed by atoms with Crippen LogP contribution < -0.4 is 5.73 Å². The van der Waals surface area contributed by atoms with Crippen molar-refractivity contribution in [3.05, 3.63) is 4.73 Å². The SMILES string of the molecule is N#CCCCCCn1nc(N)nc1Br. The molecular formula is C8H12BrN5. The lowest BCUT2D eigenvalue weighted by Crippen LogP contribution is -2.01. The molecule has 14 heavy (non-hydrogen) atoms. The highest BCUT2D eigenvalue weighted by Gasteiger charge is 2.03. The summed E-state index contributed by atoms with van der Waals surface area (Å²) in [5, 5.41) is 12.3. The summed E-state index contributed by atoms with van der Waals surface area (Å²) in [5.74, 6) is 0.286. The van der Waals surface area contributed by atoms with E-state index in [2.05, 4.69) is 32.1 Å². The van der Waals surface area contributed by atoms with Crippen molar-refractivity contribution in [3.8, 4) is 6.07 Å². The highest BCUT2D eigenvalue weighted by molar-refractivity contribution is 9.10. The van der Waals surface area contributed by atoms with Crippen LogP contribution in [0.4, 0.5) is 5.95 Å². The lowest BCUT2D eigenvalue weighted by molar-refractivity contribution is 0.538. The van der Waals surface area contributed by atoms with Gasteiger partial charge in [0.1, 0.15) is 0 Å². The number of hydrogen-bond acceptors (Lipinski definition) is 4. The molecule has 0 amide bonds. The van der Waals surface area contributed by atoms with Gasteiger partial charge in [0.25, 0.3) is 0 Å². The van der Waals surface area contributed by atoms with Crippen LogP contribution in [-0.4, -0.2) is 14.8 Å². The molecule has 0 aliphatic heterocycles. The fourth-order valence-electron chi connectivity index (χ4n) is 1.12. The fraction of sp³-hybridized carbons (Fsp3) is 0.625. The van der Waals surface area contributed by atoms with E-state index in [0.717, 1.165) is 25.8 Å². The Morgan fingerprint density at radius 2 is 2.21 bits per heavy atom. The molecule has 0 unspecified atom stereocenters. The third-order valence-corrected chi connectivity index (χ3v) is 2.39. The van der Waals surface area contributed by atoms with Crippen LogP contribution in [0.25, 0.3) is 0 Å². The molecule has 1 rings (SSSR count). The molecule has 0 aromatic carbocycles. The smallest absolute Gasteiger partial charge is 0.240 e. The zero-order valence-corrected chi connectivity index (χ0v) is 9.37. The van der Waals surface area contributed by atoms with Crippen molar-refractivity contribution in [1.82, 2.24) is 14.8 Å². The van der Waals surface area contributed by atoms with Crippen molar-refractivity contribution in [2.24, 2.45) is 0 Å². The molecule has 0 spiro atoms. The van der Waals surface area contributed by atoms with E-state index in [1.807, 2.05) is 0 Å². The molecule has 0 bridgehead atoms. The fourth-order valence-corrected chi connectivity index (χ4v) is 1.56. The molecule has 0 atom stereocenters. The zero-order valence-electron chi connectivity index (χ0n) is 7.78. The molecule has 1 aromatic heterocycles. The van der Waals surface area contributed by atoms with Gasteiger partial charge in [-0.15, -0.1) is 5.10 Å². The second-order valence-corrected chi connectivity index (χ2v) is 3.64. The first-order chi connectivity index (χ1) is 6.74. The summed E-state index contributed by atoms with van der Waals surface area (Å²) < 4.78 is 2.39. The number of nitrogens with two attached hydrogens (primary N) is 1. The van der Waals surface area contributed by atoms with Crippen molar-refractivity contribution >= 4 is 21.9 Å². The van der Waals surface area contributed by atoms with Gasteiger partial charge < -0.3 is 5.73 Å². The number of anilines is 1. The minimum atomic E-state index is 0.286. The van der Waals surface area contributed by atoms with Gasteiger partial charge in [-0.05, 0) is 28.8 Å². The van der Waals surface area contributed by atoms with E-state index >= 15 is 0 Å². The number of unbranched alkanes of at least 4 members (excludes halogenated alkanes) is 3. The quantitative estimate of drug-likeness (QED) is 0.815. The summed E-state index contributed by atoms with van der Waals surface area (Å²) in [6.07, 6.45) is 3.59. The van der Waals surface area contributed by atoms with E-state index in [9.17, 15) is 0 Å². The molecule has 76 valence electrons. The van der Waals surface area contributed by atoms with E-state index < -0.39 is 0 Å². The average molecular weight is 258 g/mol. The molecular weight excluding hydrogens is 246 g/mol. The van der Waals surface area contributed by atoms with Crippen LogP contribution in [0.5, 0.6) is 0 Å². The summed E-state index contributed by atoms with van der Waals surface area (Å²) in [6.45, 7) is 0.788. The summed E-state index contributed by atoms with van der Waals surface area (Å²) >= 11 is 3.26. The number of nitriles is 1. The standard InChI is InChI=1S/C8H12BrN5/c9-7-12-8(11)13-14(7)6-4-2-1-3-5-10/h1-4,6H2,(H2,11,13). The predicted octanol–water partition coefficient (Wildman–Crippen LogP) is 1.71. The van der Waals surface area contributed by atoms with Gasteiger partial charge in [-0.3, -0.25) is 0 Å². The van der Waals surface area contributed by atoms with Crippen molar-refractivity contribution < 1.29 is 0 Å². The third kappa shape index (κ3) is 3.34. The summed E-state index contributed by atoms with van der Waals surface area (Å²) in [6, 6.07) is 2.12. The van der Waals surface area contributed by atoms with E-state index in [4.69, 9.17) is 11.0 Å². The van der Waals surface area contributed by atoms with Gasteiger partial charge in [0.05, 0.1) is 6.07 Å². The van der Waals surface area contributed by atoms with Crippen molar-refractivity contribution in [3.63, 3.8) is 0 Å². The van der Waals surface area contributed by atoms with Crippen LogP contribution in [0.3, 0.4) is 0 Å². The van der Waals surface area contributed by atoms with E-state index in [-0.39, 0.29) is 5.95 Å². The minimum Gasteiger partial charge on any atom is -0.366 e. The molecule has 1 heterocycles. The van der Waals surface area contributed by atoms with E-state index in [0.29, 0.717) is 11.2 Å². The Morgan fingerprint density at radius 3 is 2.79 bits per heavy atom. The van der Waals surface area contributed by atoms with Gasteiger partial charge in [0.2, 0.25) is 5.95 Å². The van der Waals surface area contributed by atoms with Crippen LogP contribution in [0, 0.1) is 11.3 Å². The molecule has 1 aromatic rings. The van der Waals surface area contributed by atoms with Gasteiger partial charge in [0, 0.05) is 13.0 Å². The van der Waals surface area contributed by atoms with Gasteiger partial charge in [0.15, 0.2) is 4.73 Å². The second-order valence-electron chi connectivity index (χ2n) is 2.93. The van der Waals surface area contributed by atoms with Crippen molar-refractivity contribution in [1.29, 1.82) is 5.26 Å². The minimum absolute atomic E-state index is 0.286. The second kappa shape index (κ2) is 5.60. The van der Waals surface area contributed by atoms with Gasteiger partial charge in [-0.25, -0.2) is 4.68 Å². The largest absolute Gasteiger partial charge is 0.366 e. The molecule has 6 heteroatoms. The van der Waals surface area contributed by atoms with Gasteiger partial charge in [-0.2, -0.15) is 10.2 Å². The Bertz CT molecular complexity index is 327. The first-order valence-corrected chi connectivity index (χ1v) is 5.26. The Labute approximate surface area is 91.0 Å². The average Bonchev–Trinajstić information content (AvgIpc) is 2.45. The van der Waals surface area contributed by atoms with Crippen LogP contribution in [0.2, 0.25) is 0 Å². The maximum absolute atomic E-state index is 8.33. The summed E-state index contributed by atoms with van der Waals surface area (Å²) in [4.78, 5) is 3.92. The number of rotatable bonds is 5. The Hall–Kier alpha value is -1.09. The zero-order chi connectivity index (χ0) is 10.4. The molecule has 0 saturated heterocycles. The number of nitrogens with zero attached hydrogens (tertiary/aromatic N) is 4. The number of aromatic nitrogens is 3. The van der Waals surface area contributed by atoms with Gasteiger partial charge in [-0.1, -0.05) is 6.42 Å². The first-order valence-electron chi connectivity index (χ1n) is 4.47. The van der Waals surface area contributed by atoms with Gasteiger partial charge >= 0.3 is 0 Å². The van der Waals surface area contributed by atoms with E-state index in [1.165, 1.54) is 0 Å². The maximum atomic E-state index is 8.33. The lowest BCUT2D eigenvalue weighted by Gasteiger charge is -2.00. The van der Waals surface area contributed by atoms with Crippen LogP contribution in [0.15, 0.2) is 4.73 Å². The highest BCUT2D eigenvalue weighted by atomic mass is 79.9. The topological polar surface area (TPSA) is 80.5 Å². The predicted molar refractivity (Wildman–Crippen MR) is 56.2 cm³/mol. The molecule has 0 aliphatic rings. The molecule has 0 radical (unpaired) electrons. The Morgan fingerprint density at radius 1 is 1.43 bits per heavy atom. The van der Waals surface area contributed by atoms with Crippen LogP contribution in [0.1, 0.15) is 25.7 Å². The lowest BCUT2D eigenvalue weighted by atomic mass is 10.2. The van der Waals surface area contributed by atoms with E-state index in [1.54, 1.807) is 4.68 Å². The number of nitrogen functional groups attached to an aromatic ring is 1. The van der Waals surface area contributed by atoms with Crippen LogP contribution >= 0.6 is 15.9 Å². The monoisotopic (exact) mass is 257 g/mol. The highest BCUT2D eigenvalue weighted by Crippen LogP contribution is 2.09. The molecule has 0 fully saturated rings. The number of hydrogen-bond donors (Lipinski definition) is 1. The normalized spacial score (nSPS) is 10.0. The molecule has 0 saturated carbocycles. The summed E-state index contributed by atoms with van der Waals surface area (Å²) in [5.41, 5.74) is 5.42. The first kappa shape index (κ1) is 11.0. The Balaban J connectivity index is 2.25. The molecule has 5 nitrogen and oxygen atoms in total. The molecule has 2 N–H and O–H groups in total. The van der Waals surface area contributed by atoms with Crippen LogP contribution in [-0.2, 0) is 6.54 Å². The number of aryl methyl sites for hydroxylation is 1. The summed E-state index contributed by atoms with van der Waals surface area (Å²) in [7, 11) is 0. The van der Waals surface area contributed by atoms with Crippen molar-refractivity contribution in [2.75, 3.05) is 5.73 Å². The third-order valence-electron chi connectivity index (χ3n) is 1.80. The maximum Gasteiger partial charge on any atom is 0.240 e. The number of halogens is 1. The molecule has 0 aliphatic carbocycles. The Kier molecular flexibility index (Phi) is 4.40. The van der Waals surface area contributed by atoms with Crippen molar-refractivity contribution in [2.45, 2.75) is 32.2 Å².